The summed E-state index contributed by atoms with van der Waals surface area (Å²) in [5, 5.41) is 11.7. The molecular weight excluding hydrogens is 384 g/mol. The van der Waals surface area contributed by atoms with Crippen molar-refractivity contribution in [3.8, 4) is 0 Å². The largest absolute Gasteiger partial charge is 0.462 e. The summed E-state index contributed by atoms with van der Waals surface area (Å²) in [5.41, 5.74) is 1.58. The molecule has 0 radical (unpaired) electrons. The van der Waals surface area contributed by atoms with Gasteiger partial charge in [-0.2, -0.15) is 0 Å². The number of aromatic nitrogens is 3. The predicted octanol–water partition coefficient (Wildman–Crippen LogP) is 3.30. The molecule has 7 nitrogen and oxygen atoms in total. The number of rotatable bonds is 6. The third-order valence-corrected chi connectivity index (χ3v) is 6.87. The number of esters is 1. The first kappa shape index (κ1) is 19.9. The van der Waals surface area contributed by atoms with E-state index in [9.17, 15) is 9.59 Å². The SMILES string of the molecule is CCOC(=O)c1c(NC(=O)[C@H](C)Sc2nncn2C)sc2c1CC[C@@H](C)C2. The summed E-state index contributed by atoms with van der Waals surface area (Å²) in [5.74, 6) is 0.0637. The molecule has 3 rings (SSSR count). The zero-order valence-corrected chi connectivity index (χ0v) is 17.6. The zero-order chi connectivity index (χ0) is 19.6. The van der Waals surface area contributed by atoms with Crippen LogP contribution in [0.3, 0.4) is 0 Å². The number of carbonyl (C=O) groups excluding carboxylic acids is 2. The first-order valence-electron chi connectivity index (χ1n) is 9.03. The Balaban J connectivity index is 1.81. The maximum absolute atomic E-state index is 12.7. The summed E-state index contributed by atoms with van der Waals surface area (Å²) in [6.45, 7) is 6.13. The van der Waals surface area contributed by atoms with Crippen molar-refractivity contribution < 1.29 is 14.3 Å². The summed E-state index contributed by atoms with van der Waals surface area (Å²) < 4.78 is 7.02. The Morgan fingerprint density at radius 2 is 2.30 bits per heavy atom. The van der Waals surface area contributed by atoms with Gasteiger partial charge in [0.05, 0.1) is 17.4 Å². The van der Waals surface area contributed by atoms with Gasteiger partial charge < -0.3 is 14.6 Å². The van der Waals surface area contributed by atoms with Crippen LogP contribution in [0.2, 0.25) is 0 Å². The molecule has 1 aliphatic carbocycles. The van der Waals surface area contributed by atoms with E-state index in [1.165, 1.54) is 28.0 Å². The van der Waals surface area contributed by atoms with Crippen molar-refractivity contribution in [1.82, 2.24) is 14.8 Å². The van der Waals surface area contributed by atoms with Crippen LogP contribution in [-0.2, 0) is 29.4 Å². The lowest BCUT2D eigenvalue weighted by Crippen LogP contribution is -2.23. The number of aryl methyl sites for hydroxylation is 1. The minimum absolute atomic E-state index is 0.166. The molecule has 0 saturated carbocycles. The van der Waals surface area contributed by atoms with E-state index in [1.54, 1.807) is 17.8 Å². The van der Waals surface area contributed by atoms with Gasteiger partial charge >= 0.3 is 5.97 Å². The number of thioether (sulfide) groups is 1. The van der Waals surface area contributed by atoms with E-state index in [-0.39, 0.29) is 17.1 Å². The summed E-state index contributed by atoms with van der Waals surface area (Å²) >= 11 is 2.83. The quantitative estimate of drug-likeness (QED) is 0.583. The van der Waals surface area contributed by atoms with Crippen LogP contribution >= 0.6 is 23.1 Å². The van der Waals surface area contributed by atoms with Gasteiger partial charge in [0.1, 0.15) is 11.3 Å². The second-order valence-corrected chi connectivity index (χ2v) is 9.16. The van der Waals surface area contributed by atoms with E-state index in [0.29, 0.717) is 28.2 Å². The molecule has 1 aliphatic rings. The molecule has 1 N–H and O–H groups in total. The highest BCUT2D eigenvalue weighted by Crippen LogP contribution is 2.40. The third kappa shape index (κ3) is 4.35. The van der Waals surface area contributed by atoms with Crippen LogP contribution in [0.15, 0.2) is 11.5 Å². The van der Waals surface area contributed by atoms with Crippen LogP contribution in [0.5, 0.6) is 0 Å². The average Bonchev–Trinajstić information content (AvgIpc) is 3.17. The minimum atomic E-state index is -0.374. The second-order valence-electron chi connectivity index (χ2n) is 6.75. The minimum Gasteiger partial charge on any atom is -0.462 e. The third-order valence-electron chi connectivity index (χ3n) is 4.55. The van der Waals surface area contributed by atoms with Gasteiger partial charge in [-0.1, -0.05) is 18.7 Å². The molecule has 1 amide bonds. The maximum atomic E-state index is 12.7. The fourth-order valence-electron chi connectivity index (χ4n) is 3.06. The standard InChI is InChI=1S/C18H24N4O3S2/c1-5-25-17(24)14-12-7-6-10(2)8-13(12)27-16(14)20-15(23)11(3)26-18-21-19-9-22(18)4/h9-11H,5-8H2,1-4H3,(H,20,23)/t10-,11+/m1/s1. The normalized spacial score (nSPS) is 17.3. The highest BCUT2D eigenvalue weighted by Gasteiger charge is 2.30. The number of hydrogen-bond acceptors (Lipinski definition) is 7. The molecule has 27 heavy (non-hydrogen) atoms. The van der Waals surface area contributed by atoms with Crippen LogP contribution in [0.1, 0.15) is 48.0 Å². The van der Waals surface area contributed by atoms with Crippen LogP contribution in [-0.4, -0.2) is 38.5 Å². The summed E-state index contributed by atoms with van der Waals surface area (Å²) in [4.78, 5) is 26.4. The van der Waals surface area contributed by atoms with Crippen LogP contribution < -0.4 is 5.32 Å². The molecule has 2 atom stereocenters. The molecule has 2 heterocycles. The zero-order valence-electron chi connectivity index (χ0n) is 15.9. The number of ether oxygens (including phenoxy) is 1. The first-order valence-corrected chi connectivity index (χ1v) is 10.7. The van der Waals surface area contributed by atoms with Gasteiger partial charge in [-0.25, -0.2) is 4.79 Å². The second kappa shape index (κ2) is 8.43. The van der Waals surface area contributed by atoms with Gasteiger partial charge in [0, 0.05) is 11.9 Å². The Morgan fingerprint density at radius 3 is 2.96 bits per heavy atom. The average molecular weight is 409 g/mol. The van der Waals surface area contributed by atoms with E-state index >= 15 is 0 Å². The molecule has 146 valence electrons. The topological polar surface area (TPSA) is 86.1 Å². The van der Waals surface area contributed by atoms with Crippen molar-refractivity contribution in [2.24, 2.45) is 13.0 Å². The first-order chi connectivity index (χ1) is 12.9. The molecule has 0 aliphatic heterocycles. The van der Waals surface area contributed by atoms with Gasteiger partial charge in [0.2, 0.25) is 5.91 Å². The van der Waals surface area contributed by atoms with Gasteiger partial charge in [-0.15, -0.1) is 21.5 Å². The molecule has 9 heteroatoms. The lowest BCUT2D eigenvalue weighted by Gasteiger charge is -2.18. The summed E-state index contributed by atoms with van der Waals surface area (Å²) in [6.07, 6.45) is 4.42. The molecule has 0 unspecified atom stereocenters. The number of hydrogen-bond donors (Lipinski definition) is 1. The van der Waals surface area contributed by atoms with Gasteiger partial charge in [-0.05, 0) is 44.6 Å². The number of amides is 1. The fraction of sp³-hybridized carbons (Fsp3) is 0.556. The summed E-state index contributed by atoms with van der Waals surface area (Å²) in [6, 6.07) is 0. The molecule has 0 aromatic carbocycles. The van der Waals surface area contributed by atoms with E-state index in [1.807, 2.05) is 14.0 Å². The van der Waals surface area contributed by atoms with Crippen LogP contribution in [0.25, 0.3) is 0 Å². The van der Waals surface area contributed by atoms with Crippen molar-refractivity contribution in [1.29, 1.82) is 0 Å². The Bertz CT molecular complexity index is 846. The molecule has 0 fully saturated rings. The van der Waals surface area contributed by atoms with Crippen molar-refractivity contribution in [2.45, 2.75) is 50.4 Å². The smallest absolute Gasteiger partial charge is 0.341 e. The van der Waals surface area contributed by atoms with Crippen LogP contribution in [0.4, 0.5) is 5.00 Å². The Hall–Kier alpha value is -1.87. The monoisotopic (exact) mass is 408 g/mol. The lowest BCUT2D eigenvalue weighted by atomic mass is 9.88. The molecule has 0 saturated heterocycles. The number of carbonyl (C=O) groups is 2. The maximum Gasteiger partial charge on any atom is 0.341 e. The number of fused-ring (bicyclic) bond motifs is 1. The number of anilines is 1. The lowest BCUT2D eigenvalue weighted by molar-refractivity contribution is -0.115. The van der Waals surface area contributed by atoms with Gasteiger partial charge in [0.25, 0.3) is 0 Å². The Kier molecular flexibility index (Phi) is 6.21. The van der Waals surface area contributed by atoms with E-state index in [0.717, 1.165) is 24.8 Å². The number of thiophene rings is 1. The molecule has 0 spiro atoms. The van der Waals surface area contributed by atoms with Gasteiger partial charge in [-0.3, -0.25) is 4.79 Å². The molecule has 2 aromatic heterocycles. The van der Waals surface area contributed by atoms with E-state index < -0.39 is 0 Å². The highest BCUT2D eigenvalue weighted by atomic mass is 32.2. The van der Waals surface area contributed by atoms with E-state index in [2.05, 4.69) is 22.4 Å². The number of nitrogens with zero attached hydrogens (tertiary/aromatic N) is 3. The molecule has 2 aromatic rings. The highest BCUT2D eigenvalue weighted by molar-refractivity contribution is 8.00. The summed E-state index contributed by atoms with van der Waals surface area (Å²) in [7, 11) is 1.83. The number of nitrogens with one attached hydrogen (secondary N) is 1. The van der Waals surface area contributed by atoms with Crippen molar-refractivity contribution in [3.05, 3.63) is 22.3 Å². The van der Waals surface area contributed by atoms with E-state index in [4.69, 9.17) is 4.74 Å². The van der Waals surface area contributed by atoms with Crippen LogP contribution in [0, 0.1) is 5.92 Å². The predicted molar refractivity (Wildman–Crippen MR) is 106 cm³/mol. The molecular formula is C18H24N4O3S2. The molecule has 0 bridgehead atoms. The van der Waals surface area contributed by atoms with Crippen molar-refractivity contribution in [3.63, 3.8) is 0 Å². The van der Waals surface area contributed by atoms with Crippen molar-refractivity contribution in [2.75, 3.05) is 11.9 Å². The Labute approximate surface area is 166 Å². The van der Waals surface area contributed by atoms with Crippen molar-refractivity contribution >= 4 is 40.0 Å². The fourth-order valence-corrected chi connectivity index (χ4v) is 5.25. The van der Waals surface area contributed by atoms with Gasteiger partial charge in [0.15, 0.2) is 5.16 Å². The Morgan fingerprint density at radius 1 is 1.52 bits per heavy atom.